The molecule has 0 unspecified atom stereocenters. The summed E-state index contributed by atoms with van der Waals surface area (Å²) in [7, 11) is 0. The molecule has 2 aromatic carbocycles. The highest BCUT2D eigenvalue weighted by Gasteiger charge is 2.12. The fourth-order valence-electron chi connectivity index (χ4n) is 2.32. The molecule has 1 N–H and O–H groups in total. The summed E-state index contributed by atoms with van der Waals surface area (Å²) in [6.45, 7) is 6.35. The second kappa shape index (κ2) is 7.49. The molecule has 0 saturated carbocycles. The van der Waals surface area contributed by atoms with E-state index in [2.05, 4.69) is 10.3 Å². The Balaban J connectivity index is 1.63. The average molecular weight is 352 g/mol. The minimum Gasteiger partial charge on any atom is -0.486 e. The number of thiazole rings is 1. The number of aryl methyl sites for hydroxylation is 3. The molecule has 0 spiro atoms. The van der Waals surface area contributed by atoms with Crippen molar-refractivity contribution >= 4 is 22.9 Å². The van der Waals surface area contributed by atoms with E-state index in [4.69, 9.17) is 4.74 Å². The van der Waals surface area contributed by atoms with E-state index in [0.29, 0.717) is 12.3 Å². The third kappa shape index (κ3) is 4.45. The Labute approximate surface area is 151 Å². The van der Waals surface area contributed by atoms with Crippen molar-refractivity contribution in [1.82, 2.24) is 4.98 Å². The maximum atomic E-state index is 12.4. The fraction of sp³-hybridized carbons (Fsp3) is 0.200. The highest BCUT2D eigenvalue weighted by atomic mass is 32.1. The standard InChI is InChI=1S/C20H20N2O2S/c1-13-5-8-16(9-6-13)24-11-19-21-18(12-25-19)20(23)22-17-10-14(2)4-7-15(17)3/h4-10,12H,11H2,1-3H3,(H,22,23). The minimum atomic E-state index is -0.202. The Morgan fingerprint density at radius 2 is 1.80 bits per heavy atom. The number of carbonyl (C=O) groups is 1. The van der Waals surface area contributed by atoms with Crippen LogP contribution < -0.4 is 10.1 Å². The normalized spacial score (nSPS) is 10.5. The largest absolute Gasteiger partial charge is 0.486 e. The lowest BCUT2D eigenvalue weighted by Gasteiger charge is -2.08. The van der Waals surface area contributed by atoms with Crippen LogP contribution in [0.2, 0.25) is 0 Å². The smallest absolute Gasteiger partial charge is 0.275 e. The van der Waals surface area contributed by atoms with Gasteiger partial charge in [-0.15, -0.1) is 11.3 Å². The van der Waals surface area contributed by atoms with Gasteiger partial charge in [-0.1, -0.05) is 29.8 Å². The molecule has 128 valence electrons. The number of carbonyl (C=O) groups excluding carboxylic acids is 1. The predicted molar refractivity (Wildman–Crippen MR) is 101 cm³/mol. The van der Waals surface area contributed by atoms with E-state index in [1.165, 1.54) is 16.9 Å². The molecule has 1 aromatic heterocycles. The van der Waals surface area contributed by atoms with Crippen molar-refractivity contribution in [3.8, 4) is 5.75 Å². The molecule has 0 aliphatic heterocycles. The Hall–Kier alpha value is -2.66. The van der Waals surface area contributed by atoms with Crippen molar-refractivity contribution in [3.05, 3.63) is 75.2 Å². The quantitative estimate of drug-likeness (QED) is 0.710. The average Bonchev–Trinajstić information content (AvgIpc) is 3.07. The summed E-state index contributed by atoms with van der Waals surface area (Å²) in [6, 6.07) is 13.8. The highest BCUT2D eigenvalue weighted by Crippen LogP contribution is 2.19. The summed E-state index contributed by atoms with van der Waals surface area (Å²) in [5.74, 6) is 0.591. The first-order valence-corrected chi connectivity index (χ1v) is 8.92. The maximum absolute atomic E-state index is 12.4. The number of ether oxygens (including phenoxy) is 1. The van der Waals surface area contributed by atoms with Crippen molar-refractivity contribution in [2.45, 2.75) is 27.4 Å². The van der Waals surface area contributed by atoms with E-state index in [9.17, 15) is 4.79 Å². The number of hydrogen-bond acceptors (Lipinski definition) is 4. The SMILES string of the molecule is Cc1ccc(OCc2nc(C(=O)Nc3cc(C)ccc3C)cs2)cc1. The first-order chi connectivity index (χ1) is 12.0. The lowest BCUT2D eigenvalue weighted by atomic mass is 10.1. The minimum absolute atomic E-state index is 0.202. The fourth-order valence-corrected chi connectivity index (χ4v) is 3.00. The van der Waals surface area contributed by atoms with Crippen LogP contribution in [0.25, 0.3) is 0 Å². The van der Waals surface area contributed by atoms with Gasteiger partial charge in [-0.3, -0.25) is 4.79 Å². The van der Waals surface area contributed by atoms with E-state index in [1.54, 1.807) is 5.38 Å². The Morgan fingerprint density at radius 1 is 1.08 bits per heavy atom. The third-order valence-electron chi connectivity index (χ3n) is 3.81. The van der Waals surface area contributed by atoms with Crippen molar-refractivity contribution in [1.29, 1.82) is 0 Å². The van der Waals surface area contributed by atoms with Gasteiger partial charge in [-0.2, -0.15) is 0 Å². The molecule has 25 heavy (non-hydrogen) atoms. The zero-order valence-electron chi connectivity index (χ0n) is 14.5. The molecular formula is C20H20N2O2S. The number of benzene rings is 2. The van der Waals surface area contributed by atoms with Gasteiger partial charge in [0.05, 0.1) is 0 Å². The second-order valence-electron chi connectivity index (χ2n) is 6.00. The lowest BCUT2D eigenvalue weighted by Crippen LogP contribution is -2.13. The van der Waals surface area contributed by atoms with Gasteiger partial charge in [0.1, 0.15) is 23.1 Å². The number of amides is 1. The van der Waals surface area contributed by atoms with Gasteiger partial charge in [0.2, 0.25) is 0 Å². The van der Waals surface area contributed by atoms with Gasteiger partial charge >= 0.3 is 0 Å². The molecule has 1 heterocycles. The van der Waals surface area contributed by atoms with Crippen LogP contribution in [0.4, 0.5) is 5.69 Å². The number of hydrogen-bond donors (Lipinski definition) is 1. The molecule has 0 atom stereocenters. The van der Waals surface area contributed by atoms with Crippen LogP contribution in [0.1, 0.15) is 32.2 Å². The number of nitrogens with zero attached hydrogens (tertiary/aromatic N) is 1. The van der Waals surface area contributed by atoms with Gasteiger partial charge < -0.3 is 10.1 Å². The molecular weight excluding hydrogens is 332 g/mol. The van der Waals surface area contributed by atoms with Gasteiger partial charge in [-0.25, -0.2) is 4.98 Å². The van der Waals surface area contributed by atoms with Crippen molar-refractivity contribution in [2.24, 2.45) is 0 Å². The van der Waals surface area contributed by atoms with Crippen LogP contribution >= 0.6 is 11.3 Å². The summed E-state index contributed by atoms with van der Waals surface area (Å²) < 4.78 is 5.71. The summed E-state index contributed by atoms with van der Waals surface area (Å²) in [4.78, 5) is 16.8. The monoisotopic (exact) mass is 352 g/mol. The molecule has 0 bridgehead atoms. The predicted octanol–water partition coefficient (Wildman–Crippen LogP) is 4.90. The molecule has 3 aromatic rings. The number of aromatic nitrogens is 1. The number of anilines is 1. The van der Waals surface area contributed by atoms with Crippen LogP contribution in [0.3, 0.4) is 0 Å². The molecule has 3 rings (SSSR count). The molecule has 0 fully saturated rings. The van der Waals surface area contributed by atoms with Gasteiger partial charge in [-0.05, 0) is 50.1 Å². The Bertz CT molecular complexity index is 885. The molecule has 0 aliphatic carbocycles. The Kier molecular flexibility index (Phi) is 5.14. The maximum Gasteiger partial charge on any atom is 0.275 e. The van der Waals surface area contributed by atoms with E-state index >= 15 is 0 Å². The van der Waals surface area contributed by atoms with Gasteiger partial charge in [0.25, 0.3) is 5.91 Å². The summed E-state index contributed by atoms with van der Waals surface area (Å²) >= 11 is 1.42. The van der Waals surface area contributed by atoms with E-state index in [-0.39, 0.29) is 5.91 Å². The molecule has 0 radical (unpaired) electrons. The van der Waals surface area contributed by atoms with E-state index < -0.39 is 0 Å². The summed E-state index contributed by atoms with van der Waals surface area (Å²) in [5, 5.41) is 5.45. The molecule has 5 heteroatoms. The lowest BCUT2D eigenvalue weighted by molar-refractivity contribution is 0.102. The van der Waals surface area contributed by atoms with E-state index in [1.807, 2.05) is 63.2 Å². The number of nitrogens with one attached hydrogen (secondary N) is 1. The van der Waals surface area contributed by atoms with Gasteiger partial charge in [0, 0.05) is 11.1 Å². The first kappa shape index (κ1) is 17.2. The van der Waals surface area contributed by atoms with Crippen LogP contribution in [0, 0.1) is 20.8 Å². The van der Waals surface area contributed by atoms with Crippen molar-refractivity contribution < 1.29 is 9.53 Å². The van der Waals surface area contributed by atoms with Crippen molar-refractivity contribution in [3.63, 3.8) is 0 Å². The van der Waals surface area contributed by atoms with Crippen molar-refractivity contribution in [2.75, 3.05) is 5.32 Å². The van der Waals surface area contributed by atoms with Crippen LogP contribution in [-0.2, 0) is 6.61 Å². The zero-order chi connectivity index (χ0) is 17.8. The first-order valence-electron chi connectivity index (χ1n) is 8.04. The summed E-state index contributed by atoms with van der Waals surface area (Å²) in [5.41, 5.74) is 4.54. The zero-order valence-corrected chi connectivity index (χ0v) is 15.3. The third-order valence-corrected chi connectivity index (χ3v) is 4.63. The van der Waals surface area contributed by atoms with Crippen LogP contribution in [0.15, 0.2) is 47.8 Å². The molecule has 1 amide bonds. The number of rotatable bonds is 5. The second-order valence-corrected chi connectivity index (χ2v) is 6.94. The van der Waals surface area contributed by atoms with E-state index in [0.717, 1.165) is 27.6 Å². The Morgan fingerprint density at radius 3 is 2.56 bits per heavy atom. The van der Waals surface area contributed by atoms with Crippen LogP contribution in [0.5, 0.6) is 5.75 Å². The molecule has 4 nitrogen and oxygen atoms in total. The topological polar surface area (TPSA) is 51.2 Å². The van der Waals surface area contributed by atoms with Crippen LogP contribution in [-0.4, -0.2) is 10.9 Å². The van der Waals surface area contributed by atoms with Gasteiger partial charge in [0.15, 0.2) is 0 Å². The summed E-state index contributed by atoms with van der Waals surface area (Å²) in [6.07, 6.45) is 0. The highest BCUT2D eigenvalue weighted by molar-refractivity contribution is 7.09. The molecule has 0 aliphatic rings. The molecule has 0 saturated heterocycles.